The highest BCUT2D eigenvalue weighted by Crippen LogP contribution is 2.23. The number of hydrazine groups is 1. The first-order chi connectivity index (χ1) is 10.1. The lowest BCUT2D eigenvalue weighted by Crippen LogP contribution is -2.39. The SMILES string of the molecule is CCc1nn(C)c(CC(Cc2ccccc2C)NN)c1Br. The van der Waals surface area contributed by atoms with E-state index in [1.807, 2.05) is 11.7 Å². The van der Waals surface area contributed by atoms with Crippen molar-refractivity contribution in [2.75, 3.05) is 0 Å². The maximum Gasteiger partial charge on any atom is 0.0766 e. The highest BCUT2D eigenvalue weighted by atomic mass is 79.9. The topological polar surface area (TPSA) is 55.9 Å². The van der Waals surface area contributed by atoms with Gasteiger partial charge in [-0.2, -0.15) is 5.10 Å². The largest absolute Gasteiger partial charge is 0.271 e. The molecule has 0 saturated heterocycles. The van der Waals surface area contributed by atoms with Crippen molar-refractivity contribution in [2.24, 2.45) is 12.9 Å². The fraction of sp³-hybridized carbons (Fsp3) is 0.438. The van der Waals surface area contributed by atoms with Gasteiger partial charge < -0.3 is 0 Å². The van der Waals surface area contributed by atoms with Crippen molar-refractivity contribution in [1.29, 1.82) is 0 Å². The van der Waals surface area contributed by atoms with E-state index in [9.17, 15) is 0 Å². The third-order valence-corrected chi connectivity index (χ3v) is 4.82. The van der Waals surface area contributed by atoms with Crippen LogP contribution in [-0.4, -0.2) is 15.8 Å². The minimum absolute atomic E-state index is 0.183. The number of benzene rings is 1. The monoisotopic (exact) mass is 350 g/mol. The minimum atomic E-state index is 0.183. The minimum Gasteiger partial charge on any atom is -0.271 e. The van der Waals surface area contributed by atoms with Gasteiger partial charge in [-0.1, -0.05) is 31.2 Å². The molecule has 21 heavy (non-hydrogen) atoms. The Morgan fingerprint density at radius 3 is 2.62 bits per heavy atom. The zero-order valence-electron chi connectivity index (χ0n) is 12.9. The third kappa shape index (κ3) is 3.73. The van der Waals surface area contributed by atoms with Gasteiger partial charge in [-0.05, 0) is 46.8 Å². The van der Waals surface area contributed by atoms with Crippen molar-refractivity contribution in [2.45, 2.75) is 39.2 Å². The number of hydrogen-bond donors (Lipinski definition) is 2. The van der Waals surface area contributed by atoms with Crippen LogP contribution >= 0.6 is 15.9 Å². The molecule has 0 aliphatic heterocycles. The molecule has 4 nitrogen and oxygen atoms in total. The normalized spacial score (nSPS) is 12.6. The molecular formula is C16H23BrN4. The van der Waals surface area contributed by atoms with Gasteiger partial charge in [0.2, 0.25) is 0 Å². The highest BCUT2D eigenvalue weighted by molar-refractivity contribution is 9.10. The van der Waals surface area contributed by atoms with Gasteiger partial charge in [0, 0.05) is 19.5 Å². The van der Waals surface area contributed by atoms with Crippen molar-refractivity contribution < 1.29 is 0 Å². The molecule has 0 spiro atoms. The van der Waals surface area contributed by atoms with E-state index in [2.05, 4.69) is 64.6 Å². The molecule has 0 aliphatic carbocycles. The maximum absolute atomic E-state index is 5.76. The Bertz CT molecular complexity index is 606. The Morgan fingerprint density at radius 2 is 2.05 bits per heavy atom. The van der Waals surface area contributed by atoms with Crippen LogP contribution in [0.3, 0.4) is 0 Å². The van der Waals surface area contributed by atoms with E-state index in [1.54, 1.807) is 0 Å². The first kappa shape index (κ1) is 16.2. The van der Waals surface area contributed by atoms with Gasteiger partial charge in [0.25, 0.3) is 0 Å². The number of rotatable bonds is 6. The van der Waals surface area contributed by atoms with E-state index in [1.165, 1.54) is 16.8 Å². The molecule has 1 aromatic carbocycles. The van der Waals surface area contributed by atoms with Crippen LogP contribution in [0, 0.1) is 6.92 Å². The first-order valence-corrected chi connectivity index (χ1v) is 8.07. The lowest BCUT2D eigenvalue weighted by atomic mass is 9.98. The number of nitrogens with one attached hydrogen (secondary N) is 1. The highest BCUT2D eigenvalue weighted by Gasteiger charge is 2.17. The summed E-state index contributed by atoms with van der Waals surface area (Å²) in [6, 6.07) is 8.62. The predicted molar refractivity (Wildman–Crippen MR) is 90.0 cm³/mol. The molecular weight excluding hydrogens is 328 g/mol. The zero-order chi connectivity index (χ0) is 15.4. The van der Waals surface area contributed by atoms with Crippen molar-refractivity contribution in [3.8, 4) is 0 Å². The average molecular weight is 351 g/mol. The molecule has 0 fully saturated rings. The summed E-state index contributed by atoms with van der Waals surface area (Å²) in [7, 11) is 1.99. The molecule has 3 N–H and O–H groups in total. The summed E-state index contributed by atoms with van der Waals surface area (Å²) in [6.07, 6.45) is 2.67. The van der Waals surface area contributed by atoms with Gasteiger partial charge in [-0.3, -0.25) is 16.0 Å². The molecule has 0 bridgehead atoms. The number of aryl methyl sites for hydroxylation is 3. The second-order valence-electron chi connectivity index (χ2n) is 5.38. The quantitative estimate of drug-likeness (QED) is 0.622. The van der Waals surface area contributed by atoms with Crippen LogP contribution in [0.2, 0.25) is 0 Å². The lowest BCUT2D eigenvalue weighted by molar-refractivity contribution is 0.503. The van der Waals surface area contributed by atoms with Gasteiger partial charge in [0.05, 0.1) is 15.9 Å². The van der Waals surface area contributed by atoms with Crippen LogP contribution in [0.5, 0.6) is 0 Å². The summed E-state index contributed by atoms with van der Waals surface area (Å²) in [5, 5.41) is 4.54. The van der Waals surface area contributed by atoms with E-state index in [4.69, 9.17) is 5.84 Å². The summed E-state index contributed by atoms with van der Waals surface area (Å²) >= 11 is 3.67. The summed E-state index contributed by atoms with van der Waals surface area (Å²) in [6.45, 7) is 4.25. The Kier molecular flexibility index (Phi) is 5.56. The molecule has 1 heterocycles. The molecule has 0 radical (unpaired) electrons. The molecule has 0 aliphatic rings. The fourth-order valence-electron chi connectivity index (χ4n) is 2.57. The molecule has 0 amide bonds. The van der Waals surface area contributed by atoms with Crippen LogP contribution < -0.4 is 11.3 Å². The zero-order valence-corrected chi connectivity index (χ0v) is 14.4. The van der Waals surface area contributed by atoms with Crippen LogP contribution in [0.4, 0.5) is 0 Å². The smallest absolute Gasteiger partial charge is 0.0766 e. The van der Waals surface area contributed by atoms with Gasteiger partial charge in [-0.25, -0.2) is 0 Å². The van der Waals surface area contributed by atoms with Gasteiger partial charge in [-0.15, -0.1) is 0 Å². The molecule has 0 saturated carbocycles. The number of halogens is 1. The Hall–Kier alpha value is -1.17. The van der Waals surface area contributed by atoms with Crippen molar-refractivity contribution in [3.63, 3.8) is 0 Å². The second-order valence-corrected chi connectivity index (χ2v) is 6.18. The van der Waals surface area contributed by atoms with Crippen LogP contribution in [0.1, 0.15) is 29.4 Å². The number of aromatic nitrogens is 2. The van der Waals surface area contributed by atoms with Crippen LogP contribution in [-0.2, 0) is 26.3 Å². The summed E-state index contributed by atoms with van der Waals surface area (Å²) in [4.78, 5) is 0. The van der Waals surface area contributed by atoms with E-state index in [0.717, 1.165) is 29.4 Å². The molecule has 1 aromatic heterocycles. The molecule has 5 heteroatoms. The Labute approximate surface area is 134 Å². The van der Waals surface area contributed by atoms with E-state index in [-0.39, 0.29) is 6.04 Å². The number of nitrogens with zero attached hydrogens (tertiary/aromatic N) is 2. The molecule has 114 valence electrons. The predicted octanol–water partition coefficient (Wildman–Crippen LogP) is 2.67. The van der Waals surface area contributed by atoms with E-state index >= 15 is 0 Å². The fourth-order valence-corrected chi connectivity index (χ4v) is 3.35. The second kappa shape index (κ2) is 7.20. The van der Waals surface area contributed by atoms with Crippen LogP contribution in [0.15, 0.2) is 28.7 Å². The Morgan fingerprint density at radius 1 is 1.33 bits per heavy atom. The average Bonchev–Trinajstić information content (AvgIpc) is 2.75. The van der Waals surface area contributed by atoms with Gasteiger partial charge in [0.15, 0.2) is 0 Å². The van der Waals surface area contributed by atoms with E-state index < -0.39 is 0 Å². The van der Waals surface area contributed by atoms with Gasteiger partial charge >= 0.3 is 0 Å². The summed E-state index contributed by atoms with van der Waals surface area (Å²) in [5.74, 6) is 5.76. The van der Waals surface area contributed by atoms with Crippen molar-refractivity contribution >= 4 is 15.9 Å². The van der Waals surface area contributed by atoms with Crippen LogP contribution in [0.25, 0.3) is 0 Å². The van der Waals surface area contributed by atoms with Crippen molar-refractivity contribution in [3.05, 3.63) is 51.3 Å². The lowest BCUT2D eigenvalue weighted by Gasteiger charge is -2.17. The summed E-state index contributed by atoms with van der Waals surface area (Å²) < 4.78 is 3.06. The number of nitrogens with two attached hydrogens (primary N) is 1. The van der Waals surface area contributed by atoms with Crippen molar-refractivity contribution in [1.82, 2.24) is 15.2 Å². The van der Waals surface area contributed by atoms with E-state index in [0.29, 0.717) is 0 Å². The Balaban J connectivity index is 2.16. The third-order valence-electron chi connectivity index (χ3n) is 3.91. The molecule has 1 unspecified atom stereocenters. The molecule has 2 aromatic rings. The standard InChI is InChI=1S/C16H23BrN4/c1-4-14-16(17)15(21(3)20-14)10-13(19-18)9-12-8-6-5-7-11(12)2/h5-8,13,19H,4,9-10,18H2,1-3H3. The molecule has 1 atom stereocenters. The first-order valence-electron chi connectivity index (χ1n) is 7.27. The van der Waals surface area contributed by atoms with Gasteiger partial charge in [0.1, 0.15) is 0 Å². The summed E-state index contributed by atoms with van der Waals surface area (Å²) in [5.41, 5.74) is 7.86. The maximum atomic E-state index is 5.76. The number of hydrogen-bond acceptors (Lipinski definition) is 3. The molecule has 2 rings (SSSR count).